The molecule has 5 aromatic rings. The topological polar surface area (TPSA) is 71.8 Å². The summed E-state index contributed by atoms with van der Waals surface area (Å²) in [6.07, 6.45) is 0.635. The van der Waals surface area contributed by atoms with Crippen LogP contribution in [-0.2, 0) is 13.5 Å². The monoisotopic (exact) mass is 458 g/mol. The molecule has 0 fully saturated rings. The summed E-state index contributed by atoms with van der Waals surface area (Å²) in [5.41, 5.74) is 5.96. The molecule has 0 aliphatic carbocycles. The molecule has 0 atom stereocenters. The van der Waals surface area contributed by atoms with Crippen LogP contribution in [0.1, 0.15) is 16.7 Å². The highest BCUT2D eigenvalue weighted by atomic mass is 35.5. The number of para-hydroxylation sites is 2. The van der Waals surface area contributed by atoms with Crippen molar-refractivity contribution in [2.24, 2.45) is 7.05 Å². The summed E-state index contributed by atoms with van der Waals surface area (Å²) < 4.78 is 4.05. The van der Waals surface area contributed by atoms with Gasteiger partial charge in [0.1, 0.15) is 6.07 Å². The summed E-state index contributed by atoms with van der Waals surface area (Å²) in [6, 6.07) is 20.3. The molecule has 0 bridgehead atoms. The van der Waals surface area contributed by atoms with Gasteiger partial charge in [-0.05, 0) is 48.4 Å². The van der Waals surface area contributed by atoms with Crippen LogP contribution in [0.25, 0.3) is 28.1 Å². The van der Waals surface area contributed by atoms with E-state index in [0.29, 0.717) is 23.5 Å². The number of nitrogens with zero attached hydrogens (tertiary/aromatic N) is 6. The molecule has 8 heteroatoms. The highest BCUT2D eigenvalue weighted by Crippen LogP contribution is 2.37. The van der Waals surface area contributed by atoms with Crippen molar-refractivity contribution in [1.82, 2.24) is 24.1 Å². The smallest absolute Gasteiger partial charge is 0.197 e. The predicted molar refractivity (Wildman–Crippen MR) is 127 cm³/mol. The van der Waals surface area contributed by atoms with Crippen molar-refractivity contribution in [1.29, 1.82) is 5.26 Å². The fraction of sp³-hybridized carbons (Fsp3) is 0.167. The van der Waals surface area contributed by atoms with Gasteiger partial charge in [0.2, 0.25) is 0 Å². The highest BCUT2D eigenvalue weighted by molar-refractivity contribution is 7.99. The van der Waals surface area contributed by atoms with E-state index in [1.54, 1.807) is 0 Å². The minimum atomic E-state index is 0.450. The van der Waals surface area contributed by atoms with Gasteiger partial charge in [-0.2, -0.15) is 5.26 Å². The zero-order chi connectivity index (χ0) is 22.2. The molecule has 0 unspecified atom stereocenters. The zero-order valence-electron chi connectivity index (χ0n) is 17.6. The number of nitriles is 1. The summed E-state index contributed by atoms with van der Waals surface area (Å²) in [4.78, 5) is 4.78. The summed E-state index contributed by atoms with van der Waals surface area (Å²) in [5, 5.41) is 20.5. The van der Waals surface area contributed by atoms with E-state index < -0.39 is 0 Å². The Morgan fingerprint density at radius 2 is 1.81 bits per heavy atom. The number of hydrogen-bond acceptors (Lipinski definition) is 5. The number of alkyl halides is 1. The Balaban J connectivity index is 1.76. The maximum atomic E-state index is 9.92. The van der Waals surface area contributed by atoms with E-state index in [9.17, 15) is 5.26 Å². The molecule has 0 aliphatic heterocycles. The third kappa shape index (κ3) is 3.24. The summed E-state index contributed by atoms with van der Waals surface area (Å²) >= 11 is 7.71. The Hall–Kier alpha value is -3.34. The molecule has 6 nitrogen and oxygen atoms in total. The van der Waals surface area contributed by atoms with Crippen LogP contribution in [0.3, 0.4) is 0 Å². The Labute approximate surface area is 194 Å². The number of rotatable bonds is 5. The van der Waals surface area contributed by atoms with Gasteiger partial charge in [-0.15, -0.1) is 21.8 Å². The predicted octanol–water partition coefficient (Wildman–Crippen LogP) is 5.40. The Bertz CT molecular complexity index is 1500. The average Bonchev–Trinajstić information content (AvgIpc) is 3.37. The van der Waals surface area contributed by atoms with Crippen molar-refractivity contribution in [2.75, 3.05) is 5.88 Å². The van der Waals surface area contributed by atoms with Crippen LogP contribution in [-0.4, -0.2) is 30.0 Å². The van der Waals surface area contributed by atoms with Crippen LogP contribution in [0.2, 0.25) is 0 Å². The summed E-state index contributed by atoms with van der Waals surface area (Å²) in [6.45, 7) is 1.97. The number of imidazole rings is 1. The number of fused-ring (bicyclic) bond motifs is 3. The van der Waals surface area contributed by atoms with E-state index in [4.69, 9.17) is 16.6 Å². The van der Waals surface area contributed by atoms with Crippen LogP contribution in [0.15, 0.2) is 64.8 Å². The normalized spacial score (nSPS) is 11.3. The van der Waals surface area contributed by atoms with Gasteiger partial charge in [0.25, 0.3) is 0 Å². The van der Waals surface area contributed by atoms with Crippen LogP contribution in [0, 0.1) is 18.3 Å². The lowest BCUT2D eigenvalue weighted by atomic mass is 10.0. The minimum absolute atomic E-state index is 0.450. The van der Waals surface area contributed by atoms with E-state index in [-0.39, 0.29) is 0 Å². The Morgan fingerprint density at radius 1 is 1.06 bits per heavy atom. The third-order valence-corrected chi connectivity index (χ3v) is 6.93. The van der Waals surface area contributed by atoms with Crippen LogP contribution < -0.4 is 0 Å². The quantitative estimate of drug-likeness (QED) is 0.330. The molecule has 0 spiro atoms. The first kappa shape index (κ1) is 20.6. The van der Waals surface area contributed by atoms with Crippen molar-refractivity contribution in [3.63, 3.8) is 0 Å². The molecule has 158 valence electrons. The summed E-state index contributed by atoms with van der Waals surface area (Å²) in [7, 11) is 1.96. The molecule has 3 aromatic heterocycles. The van der Waals surface area contributed by atoms with Crippen LogP contribution >= 0.6 is 23.4 Å². The molecule has 0 aliphatic rings. The first-order chi connectivity index (χ1) is 15.6. The van der Waals surface area contributed by atoms with Gasteiger partial charge in [0, 0.05) is 18.5 Å². The van der Waals surface area contributed by atoms with Crippen molar-refractivity contribution < 1.29 is 0 Å². The average molecular weight is 459 g/mol. The van der Waals surface area contributed by atoms with Gasteiger partial charge < -0.3 is 4.57 Å². The lowest BCUT2D eigenvalue weighted by molar-refractivity contribution is 0.789. The number of benzene rings is 2. The lowest BCUT2D eigenvalue weighted by Gasteiger charge is -2.16. The SMILES string of the molecule is Cc1c(CCCl)c(Sc2nnc(-c3ccccc3)n2C)n2c(nc3ccccc32)c1C#N. The van der Waals surface area contributed by atoms with Crippen molar-refractivity contribution in [2.45, 2.75) is 23.5 Å². The highest BCUT2D eigenvalue weighted by Gasteiger charge is 2.23. The van der Waals surface area contributed by atoms with E-state index in [2.05, 4.69) is 20.7 Å². The second-order valence-electron chi connectivity index (χ2n) is 7.43. The van der Waals surface area contributed by atoms with E-state index >= 15 is 0 Å². The maximum Gasteiger partial charge on any atom is 0.197 e. The van der Waals surface area contributed by atoms with Crippen LogP contribution in [0.5, 0.6) is 0 Å². The number of hydrogen-bond donors (Lipinski definition) is 0. The van der Waals surface area contributed by atoms with Gasteiger partial charge in [0.05, 0.1) is 21.6 Å². The number of pyridine rings is 1. The van der Waals surface area contributed by atoms with Crippen molar-refractivity contribution in [3.05, 3.63) is 71.3 Å². The van der Waals surface area contributed by atoms with Gasteiger partial charge in [0.15, 0.2) is 16.6 Å². The first-order valence-electron chi connectivity index (χ1n) is 10.2. The molecule has 2 aromatic carbocycles. The second-order valence-corrected chi connectivity index (χ2v) is 8.76. The fourth-order valence-electron chi connectivity index (χ4n) is 3.97. The second kappa shape index (κ2) is 8.30. The molecule has 0 amide bonds. The standard InChI is InChI=1S/C24H19ClN6S/c1-15-17(12-13-25)23(31-20-11-7-6-10-19(20)27-22(31)18(15)14-26)32-24-29-28-21(30(24)2)16-8-4-3-5-9-16/h3-11H,12-13H2,1-2H3. The van der Waals surface area contributed by atoms with Gasteiger partial charge in [-0.25, -0.2) is 4.98 Å². The zero-order valence-corrected chi connectivity index (χ0v) is 19.2. The van der Waals surface area contributed by atoms with Crippen LogP contribution in [0.4, 0.5) is 0 Å². The number of aromatic nitrogens is 5. The van der Waals surface area contributed by atoms with Gasteiger partial charge in [-0.1, -0.05) is 42.5 Å². The van der Waals surface area contributed by atoms with E-state index in [1.807, 2.05) is 73.1 Å². The molecular weight excluding hydrogens is 440 g/mol. The third-order valence-electron chi connectivity index (χ3n) is 5.58. The Morgan fingerprint density at radius 3 is 2.56 bits per heavy atom. The molecule has 32 heavy (non-hydrogen) atoms. The van der Waals surface area contributed by atoms with Gasteiger partial charge in [-0.3, -0.25) is 4.40 Å². The molecule has 0 saturated carbocycles. The minimum Gasteiger partial charge on any atom is -0.305 e. The molecule has 5 rings (SSSR count). The van der Waals surface area contributed by atoms with Gasteiger partial charge >= 0.3 is 0 Å². The fourth-order valence-corrected chi connectivity index (χ4v) is 5.29. The lowest BCUT2D eigenvalue weighted by Crippen LogP contribution is -2.06. The largest absolute Gasteiger partial charge is 0.305 e. The number of halogens is 1. The van der Waals surface area contributed by atoms with Crippen molar-refractivity contribution in [3.8, 4) is 17.5 Å². The Kier molecular flexibility index (Phi) is 5.33. The molecule has 0 radical (unpaired) electrons. The molecule has 0 saturated heterocycles. The molecule has 0 N–H and O–H groups in total. The summed E-state index contributed by atoms with van der Waals surface area (Å²) in [5.74, 6) is 1.25. The molecule has 3 heterocycles. The van der Waals surface area contributed by atoms with Crippen molar-refractivity contribution >= 4 is 40.0 Å². The first-order valence-corrected chi connectivity index (χ1v) is 11.5. The van der Waals surface area contributed by atoms with E-state index in [1.165, 1.54) is 11.8 Å². The van der Waals surface area contributed by atoms with E-state index in [0.717, 1.165) is 43.7 Å². The molecular formula is C24H19ClN6S. The maximum absolute atomic E-state index is 9.92.